The Labute approximate surface area is 131 Å². The van der Waals surface area contributed by atoms with Gasteiger partial charge in [0.05, 0.1) is 0 Å². The molecule has 6 nitrogen and oxygen atoms in total. The molecule has 0 aliphatic rings. The predicted octanol–water partition coefficient (Wildman–Crippen LogP) is 2.05. The van der Waals surface area contributed by atoms with Gasteiger partial charge in [-0.25, -0.2) is 0 Å². The molecule has 6 heteroatoms. The molecule has 1 N–H and O–H groups in total. The van der Waals surface area contributed by atoms with Gasteiger partial charge in [0.25, 0.3) is 5.91 Å². The lowest BCUT2D eigenvalue weighted by molar-refractivity contribution is -0.123. The Morgan fingerprint density at radius 3 is 2.14 bits per heavy atom. The first-order valence-corrected chi connectivity index (χ1v) is 7.48. The van der Waals surface area contributed by atoms with Crippen molar-refractivity contribution in [1.29, 1.82) is 0 Å². The van der Waals surface area contributed by atoms with E-state index in [0.717, 1.165) is 5.69 Å². The molecule has 0 aliphatic carbocycles. The maximum atomic E-state index is 12.0. The van der Waals surface area contributed by atoms with E-state index in [0.29, 0.717) is 25.4 Å². The fourth-order valence-corrected chi connectivity index (χ4v) is 1.89. The molecule has 0 heterocycles. The first kappa shape index (κ1) is 18.1. The van der Waals surface area contributed by atoms with Crippen LogP contribution in [0.5, 0.6) is 0 Å². The van der Waals surface area contributed by atoms with Crippen molar-refractivity contribution in [3.05, 3.63) is 24.3 Å². The predicted molar refractivity (Wildman–Crippen MR) is 86.1 cm³/mol. The van der Waals surface area contributed by atoms with Gasteiger partial charge in [0, 0.05) is 31.1 Å². The second kappa shape index (κ2) is 9.92. The first-order valence-electron chi connectivity index (χ1n) is 7.48. The SMILES string of the molecule is CCOCC(=O)Nc1ccc(N(CC)C(=O)COCC)cc1. The fourth-order valence-electron chi connectivity index (χ4n) is 1.89. The molecule has 0 aliphatic heterocycles. The van der Waals surface area contributed by atoms with Gasteiger partial charge in [-0.15, -0.1) is 0 Å². The lowest BCUT2D eigenvalue weighted by Gasteiger charge is -2.21. The Kier molecular flexibility index (Phi) is 8.17. The largest absolute Gasteiger partial charge is 0.372 e. The Morgan fingerprint density at radius 1 is 1.00 bits per heavy atom. The van der Waals surface area contributed by atoms with Crippen LogP contribution in [0.2, 0.25) is 0 Å². The lowest BCUT2D eigenvalue weighted by atomic mass is 10.2. The number of benzene rings is 1. The number of amides is 2. The number of nitrogens with one attached hydrogen (secondary N) is 1. The number of carbonyl (C=O) groups is 2. The van der Waals surface area contributed by atoms with E-state index in [1.807, 2.05) is 20.8 Å². The Hall–Kier alpha value is -1.92. The van der Waals surface area contributed by atoms with Crippen LogP contribution in [0.25, 0.3) is 0 Å². The Balaban J connectivity index is 2.65. The van der Waals surface area contributed by atoms with Crippen molar-refractivity contribution in [1.82, 2.24) is 0 Å². The van der Waals surface area contributed by atoms with E-state index >= 15 is 0 Å². The van der Waals surface area contributed by atoms with Gasteiger partial charge in [-0.2, -0.15) is 0 Å². The highest BCUT2D eigenvalue weighted by atomic mass is 16.5. The van der Waals surface area contributed by atoms with Crippen LogP contribution in [0.1, 0.15) is 20.8 Å². The molecule has 2 amide bonds. The monoisotopic (exact) mass is 308 g/mol. The summed E-state index contributed by atoms with van der Waals surface area (Å²) in [6.45, 7) is 7.25. The number of ether oxygens (including phenoxy) is 2. The highest BCUT2D eigenvalue weighted by Gasteiger charge is 2.13. The molecule has 22 heavy (non-hydrogen) atoms. The van der Waals surface area contributed by atoms with Gasteiger partial charge >= 0.3 is 0 Å². The molecule has 0 atom stereocenters. The van der Waals surface area contributed by atoms with Crippen LogP contribution < -0.4 is 10.2 Å². The summed E-state index contributed by atoms with van der Waals surface area (Å²) < 4.78 is 10.2. The van der Waals surface area contributed by atoms with E-state index in [9.17, 15) is 9.59 Å². The van der Waals surface area contributed by atoms with Crippen molar-refractivity contribution in [3.8, 4) is 0 Å². The molecule has 0 aromatic heterocycles. The zero-order valence-electron chi connectivity index (χ0n) is 13.4. The average molecular weight is 308 g/mol. The van der Waals surface area contributed by atoms with Gasteiger partial charge in [-0.3, -0.25) is 9.59 Å². The maximum absolute atomic E-state index is 12.0. The standard InChI is InChI=1S/C16H24N2O4/c1-4-18(16(20)12-22-6-3)14-9-7-13(8-10-14)17-15(19)11-21-5-2/h7-10H,4-6,11-12H2,1-3H3,(H,17,19). The molecule has 0 fully saturated rings. The number of carbonyl (C=O) groups excluding carboxylic acids is 2. The molecular weight excluding hydrogens is 284 g/mol. The van der Waals surface area contributed by atoms with Gasteiger partial charge in [-0.05, 0) is 45.0 Å². The molecular formula is C16H24N2O4. The zero-order chi connectivity index (χ0) is 16.4. The highest BCUT2D eigenvalue weighted by molar-refractivity contribution is 5.95. The summed E-state index contributed by atoms with van der Waals surface area (Å²) in [5.74, 6) is -0.285. The molecule has 0 unspecified atom stereocenters. The number of likely N-dealkylation sites (N-methyl/N-ethyl adjacent to an activating group) is 1. The molecule has 0 bridgehead atoms. The van der Waals surface area contributed by atoms with Crippen LogP contribution in [-0.4, -0.2) is 44.8 Å². The molecule has 1 aromatic carbocycles. The normalized spacial score (nSPS) is 10.3. The van der Waals surface area contributed by atoms with Crippen LogP contribution in [0, 0.1) is 0 Å². The molecule has 1 aromatic rings. The Morgan fingerprint density at radius 2 is 1.59 bits per heavy atom. The molecule has 0 saturated heterocycles. The van der Waals surface area contributed by atoms with E-state index in [1.165, 1.54) is 0 Å². The van der Waals surface area contributed by atoms with Crippen LogP contribution in [0.15, 0.2) is 24.3 Å². The summed E-state index contributed by atoms with van der Waals surface area (Å²) >= 11 is 0. The fraction of sp³-hybridized carbons (Fsp3) is 0.500. The van der Waals surface area contributed by atoms with Crippen molar-refractivity contribution in [2.45, 2.75) is 20.8 Å². The molecule has 0 radical (unpaired) electrons. The topological polar surface area (TPSA) is 67.9 Å². The van der Waals surface area contributed by atoms with Crippen LogP contribution in [-0.2, 0) is 19.1 Å². The van der Waals surface area contributed by atoms with Crippen molar-refractivity contribution in [3.63, 3.8) is 0 Å². The minimum atomic E-state index is -0.200. The number of nitrogens with zero attached hydrogens (tertiary/aromatic N) is 1. The molecule has 0 spiro atoms. The van der Waals surface area contributed by atoms with Gasteiger partial charge in [0.15, 0.2) is 0 Å². The summed E-state index contributed by atoms with van der Waals surface area (Å²) in [4.78, 5) is 25.2. The summed E-state index contributed by atoms with van der Waals surface area (Å²) in [5, 5.41) is 2.73. The number of hydrogen-bond acceptors (Lipinski definition) is 4. The number of hydrogen-bond donors (Lipinski definition) is 1. The van der Waals surface area contributed by atoms with Crippen LogP contribution >= 0.6 is 0 Å². The highest BCUT2D eigenvalue weighted by Crippen LogP contribution is 2.18. The minimum Gasteiger partial charge on any atom is -0.372 e. The zero-order valence-corrected chi connectivity index (χ0v) is 13.4. The third-order valence-electron chi connectivity index (χ3n) is 2.95. The van der Waals surface area contributed by atoms with E-state index in [-0.39, 0.29) is 25.0 Å². The van der Waals surface area contributed by atoms with E-state index in [4.69, 9.17) is 9.47 Å². The molecule has 1 rings (SSSR count). The Bertz CT molecular complexity index is 474. The van der Waals surface area contributed by atoms with Gasteiger partial charge in [-0.1, -0.05) is 0 Å². The third-order valence-corrected chi connectivity index (χ3v) is 2.95. The summed E-state index contributed by atoms with van der Waals surface area (Å²) in [6.07, 6.45) is 0. The number of rotatable bonds is 9. The van der Waals surface area contributed by atoms with E-state index < -0.39 is 0 Å². The van der Waals surface area contributed by atoms with E-state index in [2.05, 4.69) is 5.32 Å². The maximum Gasteiger partial charge on any atom is 0.252 e. The van der Waals surface area contributed by atoms with Crippen LogP contribution in [0.3, 0.4) is 0 Å². The first-order chi connectivity index (χ1) is 10.6. The van der Waals surface area contributed by atoms with Crippen molar-refractivity contribution in [2.75, 3.05) is 43.2 Å². The van der Waals surface area contributed by atoms with Gasteiger partial charge in [0.1, 0.15) is 13.2 Å². The van der Waals surface area contributed by atoms with Gasteiger partial charge < -0.3 is 19.7 Å². The average Bonchev–Trinajstić information content (AvgIpc) is 2.53. The third kappa shape index (κ3) is 5.83. The molecule has 122 valence electrons. The summed E-state index contributed by atoms with van der Waals surface area (Å²) in [7, 11) is 0. The minimum absolute atomic E-state index is 0.0339. The molecule has 0 saturated carbocycles. The number of anilines is 2. The van der Waals surface area contributed by atoms with Crippen LogP contribution in [0.4, 0.5) is 11.4 Å². The second-order valence-electron chi connectivity index (χ2n) is 4.51. The summed E-state index contributed by atoms with van der Waals surface area (Å²) in [6, 6.07) is 7.11. The van der Waals surface area contributed by atoms with Crippen molar-refractivity contribution < 1.29 is 19.1 Å². The quantitative estimate of drug-likeness (QED) is 0.758. The summed E-state index contributed by atoms with van der Waals surface area (Å²) in [5.41, 5.74) is 1.44. The van der Waals surface area contributed by atoms with Crippen molar-refractivity contribution in [2.24, 2.45) is 0 Å². The lowest BCUT2D eigenvalue weighted by Crippen LogP contribution is -2.33. The van der Waals surface area contributed by atoms with Gasteiger partial charge in [0.2, 0.25) is 5.91 Å². The smallest absolute Gasteiger partial charge is 0.252 e. The van der Waals surface area contributed by atoms with E-state index in [1.54, 1.807) is 29.2 Å². The second-order valence-corrected chi connectivity index (χ2v) is 4.51. The van der Waals surface area contributed by atoms with Crippen molar-refractivity contribution >= 4 is 23.2 Å².